The van der Waals surface area contributed by atoms with Crippen LogP contribution in [0.3, 0.4) is 0 Å². The highest BCUT2D eigenvalue weighted by Gasteiger charge is 2.17. The number of hydrogen-bond acceptors (Lipinski definition) is 5. The fourth-order valence-corrected chi connectivity index (χ4v) is 2.05. The van der Waals surface area contributed by atoms with Gasteiger partial charge < -0.3 is 25.7 Å². The fraction of sp³-hybridized carbons (Fsp3) is 0.133. The van der Waals surface area contributed by atoms with Crippen molar-refractivity contribution in [2.75, 3.05) is 18.9 Å². The van der Waals surface area contributed by atoms with Crippen LogP contribution in [-0.2, 0) is 0 Å². The first-order valence-corrected chi connectivity index (χ1v) is 6.41. The van der Waals surface area contributed by atoms with Gasteiger partial charge in [0.1, 0.15) is 19.0 Å². The molecule has 6 heteroatoms. The number of hydrogen-bond donors (Lipinski definition) is 2. The molecule has 1 heterocycles. The van der Waals surface area contributed by atoms with Crippen molar-refractivity contribution in [2.45, 2.75) is 0 Å². The number of fused-ring (bicyclic) bond motifs is 1. The van der Waals surface area contributed by atoms with E-state index in [2.05, 4.69) is 0 Å². The number of primary amides is 1. The molecule has 0 fully saturated rings. The Bertz CT molecular complexity index is 700. The van der Waals surface area contributed by atoms with Gasteiger partial charge in [0.25, 0.3) is 5.91 Å². The fourth-order valence-electron chi connectivity index (χ4n) is 2.05. The first kappa shape index (κ1) is 13.1. The number of carbonyl (C=O) groups excluding carboxylic acids is 1. The third-order valence-electron chi connectivity index (χ3n) is 3.05. The van der Waals surface area contributed by atoms with Crippen LogP contribution in [0.2, 0.25) is 0 Å². The van der Waals surface area contributed by atoms with Crippen molar-refractivity contribution in [3.63, 3.8) is 0 Å². The van der Waals surface area contributed by atoms with Crippen molar-refractivity contribution >= 4 is 11.6 Å². The molecule has 1 amide bonds. The second kappa shape index (κ2) is 5.24. The van der Waals surface area contributed by atoms with E-state index in [9.17, 15) is 4.79 Å². The summed E-state index contributed by atoms with van der Waals surface area (Å²) in [5.41, 5.74) is 11.9. The zero-order chi connectivity index (χ0) is 14.8. The van der Waals surface area contributed by atoms with Gasteiger partial charge in [0.2, 0.25) is 0 Å². The Hall–Kier alpha value is -2.89. The molecule has 3 rings (SSSR count). The molecule has 0 aliphatic carbocycles. The van der Waals surface area contributed by atoms with Gasteiger partial charge in [-0.3, -0.25) is 4.79 Å². The molecule has 1 aliphatic heterocycles. The van der Waals surface area contributed by atoms with Gasteiger partial charge in [-0.05, 0) is 12.1 Å². The number of para-hydroxylation sites is 1. The summed E-state index contributed by atoms with van der Waals surface area (Å²) in [6, 6.07) is 9.97. The second-order valence-corrected chi connectivity index (χ2v) is 4.50. The average molecular weight is 286 g/mol. The van der Waals surface area contributed by atoms with E-state index in [1.807, 2.05) is 0 Å². The van der Waals surface area contributed by atoms with Gasteiger partial charge in [0.15, 0.2) is 17.2 Å². The zero-order valence-electron chi connectivity index (χ0n) is 11.2. The molecular formula is C15H14N2O4. The van der Waals surface area contributed by atoms with Crippen LogP contribution in [0.5, 0.6) is 23.0 Å². The van der Waals surface area contributed by atoms with Gasteiger partial charge in [-0.2, -0.15) is 0 Å². The summed E-state index contributed by atoms with van der Waals surface area (Å²) >= 11 is 0. The number of benzene rings is 2. The maximum absolute atomic E-state index is 11.4. The Morgan fingerprint density at radius 2 is 1.71 bits per heavy atom. The largest absolute Gasteiger partial charge is 0.486 e. The zero-order valence-corrected chi connectivity index (χ0v) is 11.2. The molecule has 4 N–H and O–H groups in total. The highest BCUT2D eigenvalue weighted by atomic mass is 16.6. The minimum Gasteiger partial charge on any atom is -0.486 e. The molecule has 0 bridgehead atoms. The van der Waals surface area contributed by atoms with E-state index in [0.29, 0.717) is 41.9 Å². The molecule has 0 saturated heterocycles. The summed E-state index contributed by atoms with van der Waals surface area (Å²) in [6.45, 7) is 0.950. The smallest absolute Gasteiger partial charge is 0.252 e. The predicted octanol–water partition coefficient (Wildman–Crippen LogP) is 1.93. The minimum absolute atomic E-state index is 0.284. The number of carbonyl (C=O) groups is 1. The maximum Gasteiger partial charge on any atom is 0.252 e. The molecule has 0 atom stereocenters. The summed E-state index contributed by atoms with van der Waals surface area (Å²) in [6.07, 6.45) is 0. The van der Waals surface area contributed by atoms with Crippen molar-refractivity contribution in [3.05, 3.63) is 42.0 Å². The quantitative estimate of drug-likeness (QED) is 0.840. The Balaban J connectivity index is 1.97. The number of nitrogen functional groups attached to an aromatic ring is 1. The summed E-state index contributed by atoms with van der Waals surface area (Å²) in [4.78, 5) is 11.4. The van der Waals surface area contributed by atoms with Crippen LogP contribution in [0.25, 0.3) is 0 Å². The van der Waals surface area contributed by atoms with Gasteiger partial charge in [-0.25, -0.2) is 0 Å². The van der Waals surface area contributed by atoms with Crippen LogP contribution in [0, 0.1) is 0 Å². The molecule has 2 aromatic rings. The SMILES string of the molecule is NC(=O)c1ccccc1Oc1cc2c(cc1N)OCCO2. The van der Waals surface area contributed by atoms with E-state index in [0.717, 1.165) is 0 Å². The van der Waals surface area contributed by atoms with E-state index in [1.54, 1.807) is 36.4 Å². The Morgan fingerprint density at radius 3 is 2.43 bits per heavy atom. The standard InChI is InChI=1S/C15H14N2O4/c16-10-7-13-14(20-6-5-19-13)8-12(10)21-11-4-2-1-3-9(11)15(17)18/h1-4,7-8H,5-6,16H2,(H2,17,18). The molecule has 6 nitrogen and oxygen atoms in total. The number of amides is 1. The monoisotopic (exact) mass is 286 g/mol. The van der Waals surface area contributed by atoms with E-state index in [1.165, 1.54) is 0 Å². The maximum atomic E-state index is 11.4. The lowest BCUT2D eigenvalue weighted by Crippen LogP contribution is -2.15. The van der Waals surface area contributed by atoms with Gasteiger partial charge in [-0.1, -0.05) is 12.1 Å². The summed E-state index contributed by atoms with van der Waals surface area (Å²) in [5.74, 6) is 1.29. The molecule has 1 aliphatic rings. The van der Waals surface area contributed by atoms with E-state index in [-0.39, 0.29) is 5.56 Å². The van der Waals surface area contributed by atoms with E-state index in [4.69, 9.17) is 25.7 Å². The van der Waals surface area contributed by atoms with Crippen molar-refractivity contribution in [1.29, 1.82) is 0 Å². The highest BCUT2D eigenvalue weighted by molar-refractivity contribution is 5.95. The summed E-state index contributed by atoms with van der Waals surface area (Å²) < 4.78 is 16.6. The number of nitrogens with two attached hydrogens (primary N) is 2. The topological polar surface area (TPSA) is 96.8 Å². The summed E-state index contributed by atoms with van der Waals surface area (Å²) in [5, 5.41) is 0. The van der Waals surface area contributed by atoms with E-state index >= 15 is 0 Å². The van der Waals surface area contributed by atoms with Crippen molar-refractivity contribution < 1.29 is 19.0 Å². The van der Waals surface area contributed by atoms with Crippen LogP contribution < -0.4 is 25.7 Å². The van der Waals surface area contributed by atoms with Gasteiger partial charge >= 0.3 is 0 Å². The lowest BCUT2D eigenvalue weighted by molar-refractivity contribution is 0.0998. The Kier molecular flexibility index (Phi) is 3.27. The number of rotatable bonds is 3. The normalized spacial score (nSPS) is 12.8. The van der Waals surface area contributed by atoms with Crippen LogP contribution in [0.1, 0.15) is 10.4 Å². The van der Waals surface area contributed by atoms with Crippen LogP contribution in [0.4, 0.5) is 5.69 Å². The average Bonchev–Trinajstić information content (AvgIpc) is 2.48. The van der Waals surface area contributed by atoms with Gasteiger partial charge in [0, 0.05) is 12.1 Å². The Morgan fingerprint density at radius 1 is 1.05 bits per heavy atom. The lowest BCUT2D eigenvalue weighted by Gasteiger charge is -2.20. The van der Waals surface area contributed by atoms with Gasteiger partial charge in [-0.15, -0.1) is 0 Å². The lowest BCUT2D eigenvalue weighted by atomic mass is 10.2. The highest BCUT2D eigenvalue weighted by Crippen LogP contribution is 2.40. The molecule has 0 unspecified atom stereocenters. The van der Waals surface area contributed by atoms with Crippen LogP contribution in [-0.4, -0.2) is 19.1 Å². The molecule has 0 aromatic heterocycles. The minimum atomic E-state index is -0.568. The van der Waals surface area contributed by atoms with Crippen molar-refractivity contribution in [1.82, 2.24) is 0 Å². The number of anilines is 1. The number of ether oxygens (including phenoxy) is 3. The van der Waals surface area contributed by atoms with E-state index < -0.39 is 5.91 Å². The third-order valence-corrected chi connectivity index (χ3v) is 3.05. The third kappa shape index (κ3) is 2.55. The molecule has 2 aromatic carbocycles. The first-order chi connectivity index (χ1) is 10.1. The molecular weight excluding hydrogens is 272 g/mol. The molecule has 21 heavy (non-hydrogen) atoms. The molecule has 108 valence electrons. The van der Waals surface area contributed by atoms with Gasteiger partial charge in [0.05, 0.1) is 11.3 Å². The predicted molar refractivity (Wildman–Crippen MR) is 76.9 cm³/mol. The van der Waals surface area contributed by atoms with Crippen molar-refractivity contribution in [2.24, 2.45) is 5.73 Å². The van der Waals surface area contributed by atoms with Crippen molar-refractivity contribution in [3.8, 4) is 23.0 Å². The molecule has 0 spiro atoms. The second-order valence-electron chi connectivity index (χ2n) is 4.50. The Labute approximate surface area is 121 Å². The molecule has 0 radical (unpaired) electrons. The molecule has 0 saturated carbocycles. The summed E-state index contributed by atoms with van der Waals surface area (Å²) in [7, 11) is 0. The van der Waals surface area contributed by atoms with Crippen LogP contribution >= 0.6 is 0 Å². The van der Waals surface area contributed by atoms with Crippen LogP contribution in [0.15, 0.2) is 36.4 Å². The first-order valence-electron chi connectivity index (χ1n) is 6.41.